The first-order valence-electron chi connectivity index (χ1n) is 11.4. The van der Waals surface area contributed by atoms with Crippen molar-refractivity contribution in [2.24, 2.45) is 5.92 Å². The highest BCUT2D eigenvalue weighted by molar-refractivity contribution is 6.02. The maximum Gasteiger partial charge on any atom is 0.326 e. The zero-order valence-electron chi connectivity index (χ0n) is 19.7. The third-order valence-electron chi connectivity index (χ3n) is 5.52. The third-order valence-corrected chi connectivity index (χ3v) is 5.52. The topological polar surface area (TPSA) is 107 Å². The number of nitrogens with one attached hydrogen (secondary N) is 1. The van der Waals surface area contributed by atoms with Crippen molar-refractivity contribution in [2.75, 3.05) is 4.90 Å². The normalized spacial score (nSPS) is 13.8. The molecule has 0 aliphatic rings. The number of hydrogen-bond donors (Lipinski definition) is 3. The lowest BCUT2D eigenvalue weighted by Crippen LogP contribution is -2.56. The standard InChI is InChI=1S/C26H34N2O5/c1-5-9-22(26(32)33)27-23(16-17(2)3)24(29)28(18(4)25(30)31)21-14-12-20(13-15-21)19-10-7-6-8-11-19/h6-8,10-15,17-18,22-23,27H,5,9,16H2,1-4H3,(H,30,31)(H,32,33)/t18-,22-,23-/m0/s1. The van der Waals surface area contributed by atoms with Crippen molar-refractivity contribution in [2.45, 2.75) is 65.1 Å². The second kappa shape index (κ2) is 12.2. The van der Waals surface area contributed by atoms with Crippen molar-refractivity contribution in [1.29, 1.82) is 0 Å². The number of carboxylic acid groups (broad SMARTS) is 2. The Morgan fingerprint density at radius 3 is 1.91 bits per heavy atom. The van der Waals surface area contributed by atoms with E-state index in [1.165, 1.54) is 11.8 Å². The molecule has 0 fully saturated rings. The van der Waals surface area contributed by atoms with Gasteiger partial charge in [-0.05, 0) is 48.9 Å². The average Bonchev–Trinajstić information content (AvgIpc) is 2.78. The molecule has 178 valence electrons. The first-order valence-corrected chi connectivity index (χ1v) is 11.4. The van der Waals surface area contributed by atoms with Gasteiger partial charge in [-0.3, -0.25) is 19.8 Å². The molecule has 0 bridgehead atoms. The predicted octanol–water partition coefficient (Wildman–Crippen LogP) is 4.42. The summed E-state index contributed by atoms with van der Waals surface area (Å²) in [5.41, 5.74) is 2.41. The highest BCUT2D eigenvalue weighted by Crippen LogP contribution is 2.26. The number of nitrogens with zero attached hydrogens (tertiary/aromatic N) is 1. The number of carbonyl (C=O) groups excluding carboxylic acids is 1. The number of hydrogen-bond acceptors (Lipinski definition) is 4. The van der Waals surface area contributed by atoms with Gasteiger partial charge in [-0.2, -0.15) is 0 Å². The van der Waals surface area contributed by atoms with Crippen LogP contribution >= 0.6 is 0 Å². The van der Waals surface area contributed by atoms with Gasteiger partial charge >= 0.3 is 11.9 Å². The zero-order chi connectivity index (χ0) is 24.5. The van der Waals surface area contributed by atoms with Crippen molar-refractivity contribution in [3.8, 4) is 11.1 Å². The van der Waals surface area contributed by atoms with E-state index in [0.29, 0.717) is 24.9 Å². The van der Waals surface area contributed by atoms with Crippen LogP contribution in [0.4, 0.5) is 5.69 Å². The van der Waals surface area contributed by atoms with Gasteiger partial charge in [-0.25, -0.2) is 4.79 Å². The molecular formula is C26H34N2O5. The lowest BCUT2D eigenvalue weighted by molar-refractivity contribution is -0.141. The Balaban J connectivity index is 2.41. The molecule has 7 heteroatoms. The molecule has 7 nitrogen and oxygen atoms in total. The van der Waals surface area contributed by atoms with Gasteiger partial charge in [0, 0.05) is 5.69 Å². The molecule has 0 heterocycles. The van der Waals surface area contributed by atoms with E-state index in [4.69, 9.17) is 0 Å². The molecule has 0 unspecified atom stereocenters. The molecule has 1 amide bonds. The summed E-state index contributed by atoms with van der Waals surface area (Å²) in [5.74, 6) is -2.51. The van der Waals surface area contributed by atoms with E-state index in [9.17, 15) is 24.6 Å². The SMILES string of the molecule is CCC[C@H](N[C@@H](CC(C)C)C(=O)N(c1ccc(-c2ccccc2)cc1)[C@@H](C)C(=O)O)C(=O)O. The highest BCUT2D eigenvalue weighted by Gasteiger charge is 2.34. The van der Waals surface area contributed by atoms with Gasteiger partial charge in [0.2, 0.25) is 5.91 Å². The van der Waals surface area contributed by atoms with E-state index in [1.54, 1.807) is 12.1 Å². The molecule has 0 saturated carbocycles. The molecule has 2 rings (SSSR count). The molecule has 0 radical (unpaired) electrons. The van der Waals surface area contributed by atoms with Gasteiger partial charge in [0.05, 0.1) is 6.04 Å². The Labute approximate surface area is 195 Å². The number of aliphatic carboxylic acids is 2. The van der Waals surface area contributed by atoms with Gasteiger partial charge in [-0.1, -0.05) is 69.7 Å². The first kappa shape index (κ1) is 26.1. The lowest BCUT2D eigenvalue weighted by Gasteiger charge is -2.33. The van der Waals surface area contributed by atoms with Gasteiger partial charge in [-0.15, -0.1) is 0 Å². The lowest BCUT2D eigenvalue weighted by atomic mass is 9.99. The van der Waals surface area contributed by atoms with Gasteiger partial charge < -0.3 is 10.2 Å². The summed E-state index contributed by atoms with van der Waals surface area (Å²) in [7, 11) is 0. The van der Waals surface area contributed by atoms with Crippen LogP contribution in [-0.4, -0.2) is 46.2 Å². The second-order valence-electron chi connectivity index (χ2n) is 8.66. The monoisotopic (exact) mass is 454 g/mol. The molecule has 0 saturated heterocycles. The van der Waals surface area contributed by atoms with Crippen LogP contribution < -0.4 is 10.2 Å². The van der Waals surface area contributed by atoms with Gasteiger partial charge in [0.1, 0.15) is 12.1 Å². The summed E-state index contributed by atoms with van der Waals surface area (Å²) < 4.78 is 0. The number of anilines is 1. The van der Waals surface area contributed by atoms with E-state index < -0.39 is 36.0 Å². The summed E-state index contributed by atoms with van der Waals surface area (Å²) in [4.78, 5) is 38.5. The van der Waals surface area contributed by atoms with Gasteiger partial charge in [0.15, 0.2) is 0 Å². The molecule has 0 spiro atoms. The summed E-state index contributed by atoms with van der Waals surface area (Å²) in [6.07, 6.45) is 1.40. The van der Waals surface area contributed by atoms with Crippen LogP contribution in [0.3, 0.4) is 0 Å². The number of carboxylic acids is 2. The van der Waals surface area contributed by atoms with Crippen LogP contribution in [0.15, 0.2) is 54.6 Å². The van der Waals surface area contributed by atoms with Crippen LogP contribution in [0.25, 0.3) is 11.1 Å². The Kier molecular flexibility index (Phi) is 9.60. The van der Waals surface area contributed by atoms with Gasteiger partial charge in [0.25, 0.3) is 0 Å². The third kappa shape index (κ3) is 7.15. The predicted molar refractivity (Wildman–Crippen MR) is 129 cm³/mol. The van der Waals surface area contributed by atoms with Crippen LogP contribution in [-0.2, 0) is 14.4 Å². The Morgan fingerprint density at radius 2 is 1.42 bits per heavy atom. The smallest absolute Gasteiger partial charge is 0.326 e. The van der Waals surface area contributed by atoms with E-state index in [1.807, 2.05) is 63.2 Å². The van der Waals surface area contributed by atoms with Crippen molar-refractivity contribution in [3.05, 3.63) is 54.6 Å². The van der Waals surface area contributed by atoms with Crippen LogP contribution in [0, 0.1) is 5.92 Å². The Hall–Kier alpha value is -3.19. The van der Waals surface area contributed by atoms with E-state index in [2.05, 4.69) is 5.32 Å². The minimum Gasteiger partial charge on any atom is -0.480 e. The molecular weight excluding hydrogens is 420 g/mol. The quantitative estimate of drug-likeness (QED) is 0.438. The number of carbonyl (C=O) groups is 3. The average molecular weight is 455 g/mol. The van der Waals surface area contributed by atoms with E-state index in [0.717, 1.165) is 11.1 Å². The summed E-state index contributed by atoms with van der Waals surface area (Å²) in [5, 5.41) is 22.3. The second-order valence-corrected chi connectivity index (χ2v) is 8.66. The Morgan fingerprint density at radius 1 is 0.848 bits per heavy atom. The summed E-state index contributed by atoms with van der Waals surface area (Å²) in [6.45, 7) is 7.22. The fourth-order valence-corrected chi connectivity index (χ4v) is 3.79. The van der Waals surface area contributed by atoms with E-state index >= 15 is 0 Å². The maximum atomic E-state index is 13.6. The van der Waals surface area contributed by atoms with Crippen molar-refractivity contribution < 1.29 is 24.6 Å². The molecule has 2 aromatic carbocycles. The number of benzene rings is 2. The van der Waals surface area contributed by atoms with Crippen LogP contribution in [0.2, 0.25) is 0 Å². The highest BCUT2D eigenvalue weighted by atomic mass is 16.4. The fraction of sp³-hybridized carbons (Fsp3) is 0.423. The number of amides is 1. The molecule has 0 aliphatic carbocycles. The van der Waals surface area contributed by atoms with Crippen molar-refractivity contribution in [1.82, 2.24) is 5.32 Å². The molecule has 0 aromatic heterocycles. The fourth-order valence-electron chi connectivity index (χ4n) is 3.79. The van der Waals surface area contributed by atoms with Crippen LogP contribution in [0.5, 0.6) is 0 Å². The molecule has 3 N–H and O–H groups in total. The van der Waals surface area contributed by atoms with Crippen molar-refractivity contribution in [3.63, 3.8) is 0 Å². The number of rotatable bonds is 12. The molecule has 33 heavy (non-hydrogen) atoms. The zero-order valence-corrected chi connectivity index (χ0v) is 19.7. The Bertz CT molecular complexity index is 927. The van der Waals surface area contributed by atoms with Crippen LogP contribution in [0.1, 0.15) is 47.0 Å². The molecule has 3 atom stereocenters. The minimum absolute atomic E-state index is 0.102. The minimum atomic E-state index is -1.14. The first-order chi connectivity index (χ1) is 15.6. The maximum absolute atomic E-state index is 13.6. The molecule has 2 aromatic rings. The van der Waals surface area contributed by atoms with E-state index in [-0.39, 0.29) is 5.92 Å². The van der Waals surface area contributed by atoms with Crippen molar-refractivity contribution >= 4 is 23.5 Å². The summed E-state index contributed by atoms with van der Waals surface area (Å²) in [6, 6.07) is 14.1. The summed E-state index contributed by atoms with van der Waals surface area (Å²) >= 11 is 0. The molecule has 0 aliphatic heterocycles. The largest absolute Gasteiger partial charge is 0.480 e.